The first-order valence-electron chi connectivity index (χ1n) is 11.8. The summed E-state index contributed by atoms with van der Waals surface area (Å²) in [6.45, 7) is 0.492. The highest BCUT2D eigenvalue weighted by Gasteiger charge is 2.48. The Hall–Kier alpha value is -3.78. The zero-order valence-electron chi connectivity index (χ0n) is 19.7. The van der Waals surface area contributed by atoms with Gasteiger partial charge in [-0.2, -0.15) is 18.3 Å². The fourth-order valence-corrected chi connectivity index (χ4v) is 4.85. The average Bonchev–Trinajstić information content (AvgIpc) is 3.24. The van der Waals surface area contributed by atoms with E-state index in [0.717, 1.165) is 15.8 Å². The number of benzene rings is 3. The summed E-state index contributed by atoms with van der Waals surface area (Å²) in [7, 11) is 0. The molecule has 0 bridgehead atoms. The summed E-state index contributed by atoms with van der Waals surface area (Å²) < 4.78 is 43.3. The van der Waals surface area contributed by atoms with Gasteiger partial charge in [-0.3, -0.25) is 4.79 Å². The van der Waals surface area contributed by atoms with E-state index in [1.54, 1.807) is 35.2 Å². The van der Waals surface area contributed by atoms with Gasteiger partial charge in [-0.1, -0.05) is 103 Å². The van der Waals surface area contributed by atoms with E-state index in [1.807, 2.05) is 60.7 Å². The standard InChI is InChI=1S/C28H24ClF3N4O/c29-24-25(27(37)35(17-19-10-4-1-5-11-19)18-20-12-6-2-7-13-20)34-36-23(28(30,31)32)16-22(33-26(24)36)21-14-8-3-9-15-21/h1-15,22-23,33H,16-18H2/t22-,23-/m0/s1. The SMILES string of the molecule is O=C(c1nn2c(c1Cl)N[C@H](c1ccccc1)C[C@H]2C(F)(F)F)N(Cc1ccccc1)Cc1ccccc1. The quantitative estimate of drug-likeness (QED) is 0.294. The molecule has 1 aliphatic heterocycles. The largest absolute Gasteiger partial charge is 0.410 e. The molecule has 0 aliphatic carbocycles. The van der Waals surface area contributed by atoms with Crippen LogP contribution in [0.2, 0.25) is 5.02 Å². The molecular weight excluding hydrogens is 501 g/mol. The smallest absolute Gasteiger partial charge is 0.362 e. The van der Waals surface area contributed by atoms with Crippen molar-refractivity contribution in [3.8, 4) is 0 Å². The number of nitrogens with one attached hydrogen (secondary N) is 1. The Morgan fingerprint density at radius 2 is 1.43 bits per heavy atom. The third-order valence-corrected chi connectivity index (χ3v) is 6.78. The van der Waals surface area contributed by atoms with E-state index < -0.39 is 24.2 Å². The van der Waals surface area contributed by atoms with Crippen molar-refractivity contribution in [2.45, 2.75) is 37.8 Å². The minimum absolute atomic E-state index is 0.00758. The van der Waals surface area contributed by atoms with Gasteiger partial charge >= 0.3 is 6.18 Å². The van der Waals surface area contributed by atoms with Gasteiger partial charge in [0, 0.05) is 19.5 Å². The Bertz CT molecular complexity index is 1320. The first-order chi connectivity index (χ1) is 17.8. The number of alkyl halides is 3. The summed E-state index contributed by atoms with van der Waals surface area (Å²) in [6, 6.07) is 25.1. The van der Waals surface area contributed by atoms with Gasteiger partial charge in [-0.25, -0.2) is 4.68 Å². The Morgan fingerprint density at radius 1 is 0.919 bits per heavy atom. The number of hydrogen-bond donors (Lipinski definition) is 1. The molecule has 0 unspecified atom stereocenters. The van der Waals surface area contributed by atoms with E-state index in [9.17, 15) is 18.0 Å². The van der Waals surface area contributed by atoms with Gasteiger partial charge in [0.15, 0.2) is 11.7 Å². The van der Waals surface area contributed by atoms with Crippen LogP contribution in [0.3, 0.4) is 0 Å². The van der Waals surface area contributed by atoms with Crippen molar-refractivity contribution in [3.63, 3.8) is 0 Å². The molecule has 0 spiro atoms. The van der Waals surface area contributed by atoms with Crippen LogP contribution in [0.1, 0.15) is 45.7 Å². The molecule has 5 nitrogen and oxygen atoms in total. The lowest BCUT2D eigenvalue weighted by Gasteiger charge is -2.33. The number of carbonyl (C=O) groups excluding carboxylic acids is 1. The van der Waals surface area contributed by atoms with Crippen molar-refractivity contribution in [2.24, 2.45) is 0 Å². The number of anilines is 1. The van der Waals surface area contributed by atoms with Gasteiger partial charge in [-0.15, -0.1) is 0 Å². The van der Waals surface area contributed by atoms with Gasteiger partial charge in [0.1, 0.15) is 10.8 Å². The van der Waals surface area contributed by atoms with E-state index in [-0.39, 0.29) is 36.0 Å². The van der Waals surface area contributed by atoms with Crippen molar-refractivity contribution in [1.82, 2.24) is 14.7 Å². The van der Waals surface area contributed by atoms with Crippen molar-refractivity contribution in [1.29, 1.82) is 0 Å². The number of halogens is 4. The minimum atomic E-state index is -4.58. The molecule has 1 aromatic heterocycles. The Labute approximate surface area is 217 Å². The fourth-order valence-electron chi connectivity index (χ4n) is 4.59. The second kappa shape index (κ2) is 10.3. The second-order valence-corrected chi connectivity index (χ2v) is 9.37. The number of rotatable bonds is 6. The second-order valence-electron chi connectivity index (χ2n) is 8.99. The maximum atomic E-state index is 14.2. The predicted octanol–water partition coefficient (Wildman–Crippen LogP) is 7.04. The van der Waals surface area contributed by atoms with Crippen molar-refractivity contribution in [2.75, 3.05) is 5.32 Å². The molecule has 3 aromatic carbocycles. The topological polar surface area (TPSA) is 50.2 Å². The van der Waals surface area contributed by atoms with Crippen LogP contribution in [0, 0.1) is 0 Å². The molecule has 1 amide bonds. The predicted molar refractivity (Wildman–Crippen MR) is 136 cm³/mol. The van der Waals surface area contributed by atoms with Crippen LogP contribution in [0.25, 0.3) is 0 Å². The molecular formula is C28H24ClF3N4O. The molecule has 2 atom stereocenters. The van der Waals surface area contributed by atoms with Crippen molar-refractivity contribution < 1.29 is 18.0 Å². The van der Waals surface area contributed by atoms with Gasteiger partial charge in [-0.05, 0) is 16.7 Å². The Kier molecular flexibility index (Phi) is 6.93. The third kappa shape index (κ3) is 5.34. The number of carbonyl (C=O) groups is 1. The maximum Gasteiger partial charge on any atom is 0.410 e. The third-order valence-electron chi connectivity index (χ3n) is 6.42. The molecule has 9 heteroatoms. The van der Waals surface area contributed by atoms with E-state index in [2.05, 4.69) is 10.4 Å². The summed E-state index contributed by atoms with van der Waals surface area (Å²) in [4.78, 5) is 15.3. The van der Waals surface area contributed by atoms with Gasteiger partial charge in [0.25, 0.3) is 5.91 Å². The molecule has 0 saturated carbocycles. The number of nitrogens with zero attached hydrogens (tertiary/aromatic N) is 3. The Morgan fingerprint density at radius 3 is 1.95 bits per heavy atom. The zero-order valence-corrected chi connectivity index (χ0v) is 20.5. The van der Waals surface area contributed by atoms with Crippen LogP contribution in [-0.2, 0) is 13.1 Å². The molecule has 37 heavy (non-hydrogen) atoms. The molecule has 1 N–H and O–H groups in total. The lowest BCUT2D eigenvalue weighted by atomic mass is 9.97. The molecule has 0 saturated heterocycles. The van der Waals surface area contributed by atoms with Crippen LogP contribution < -0.4 is 5.32 Å². The van der Waals surface area contributed by atoms with Gasteiger partial charge < -0.3 is 10.2 Å². The summed E-state index contributed by atoms with van der Waals surface area (Å²) in [5.74, 6) is -0.551. The van der Waals surface area contributed by atoms with Crippen molar-refractivity contribution >= 4 is 23.3 Å². The van der Waals surface area contributed by atoms with E-state index >= 15 is 0 Å². The highest BCUT2D eigenvalue weighted by Crippen LogP contribution is 2.46. The fraction of sp³-hybridized carbons (Fsp3) is 0.214. The van der Waals surface area contributed by atoms with Crippen LogP contribution in [0.5, 0.6) is 0 Å². The molecule has 5 rings (SSSR count). The number of aromatic nitrogens is 2. The summed E-state index contributed by atoms with van der Waals surface area (Å²) >= 11 is 6.59. The number of hydrogen-bond acceptors (Lipinski definition) is 3. The molecule has 1 aliphatic rings. The highest BCUT2D eigenvalue weighted by molar-refractivity contribution is 6.36. The molecule has 190 valence electrons. The first kappa shape index (κ1) is 24.9. The van der Waals surface area contributed by atoms with E-state index in [0.29, 0.717) is 5.56 Å². The van der Waals surface area contributed by atoms with Crippen molar-refractivity contribution in [3.05, 3.63) is 118 Å². The van der Waals surface area contributed by atoms with Crippen LogP contribution in [-0.4, -0.2) is 26.8 Å². The van der Waals surface area contributed by atoms with Gasteiger partial charge in [0.05, 0.1) is 6.04 Å². The molecule has 2 heterocycles. The Balaban J connectivity index is 1.52. The van der Waals surface area contributed by atoms with Gasteiger partial charge in [0.2, 0.25) is 0 Å². The van der Waals surface area contributed by atoms with Crippen LogP contribution in [0.15, 0.2) is 91.0 Å². The summed E-state index contributed by atoms with van der Waals surface area (Å²) in [5, 5.41) is 7.12. The maximum absolute atomic E-state index is 14.2. The lowest BCUT2D eigenvalue weighted by molar-refractivity contribution is -0.173. The van der Waals surface area contributed by atoms with Crippen LogP contribution >= 0.6 is 11.6 Å². The molecule has 0 fully saturated rings. The first-order valence-corrected chi connectivity index (χ1v) is 12.2. The monoisotopic (exact) mass is 524 g/mol. The number of amides is 1. The highest BCUT2D eigenvalue weighted by atomic mass is 35.5. The summed E-state index contributed by atoms with van der Waals surface area (Å²) in [5.41, 5.74) is 2.24. The normalized spacial score (nSPS) is 17.1. The van der Waals surface area contributed by atoms with E-state index in [1.165, 1.54) is 0 Å². The number of fused-ring (bicyclic) bond motifs is 1. The summed E-state index contributed by atoms with van der Waals surface area (Å²) in [6.07, 6.45) is -4.85. The minimum Gasteiger partial charge on any atom is -0.362 e. The van der Waals surface area contributed by atoms with Crippen LogP contribution in [0.4, 0.5) is 19.0 Å². The zero-order chi connectivity index (χ0) is 26.0. The lowest BCUT2D eigenvalue weighted by Crippen LogP contribution is -2.36. The molecule has 4 aromatic rings. The average molecular weight is 525 g/mol. The molecule has 0 radical (unpaired) electrons. The van der Waals surface area contributed by atoms with E-state index in [4.69, 9.17) is 11.6 Å².